The average molecular weight is 298 g/mol. The topological polar surface area (TPSA) is 63.2 Å². The quantitative estimate of drug-likeness (QED) is 0.431. The van der Waals surface area contributed by atoms with E-state index in [1.54, 1.807) is 25.3 Å². The third kappa shape index (κ3) is 6.57. The van der Waals surface area contributed by atoms with E-state index in [1.165, 1.54) is 7.11 Å². The van der Waals surface area contributed by atoms with Gasteiger partial charge in [0.1, 0.15) is 6.61 Å². The molecule has 0 heterocycles. The molecule has 0 spiro atoms. The molecule has 0 fully saturated rings. The van der Waals surface area contributed by atoms with Crippen molar-refractivity contribution in [2.75, 3.05) is 53.9 Å². The molecule has 0 aliphatic carbocycles. The molecule has 1 aromatic carbocycles. The van der Waals surface area contributed by atoms with E-state index in [-0.39, 0.29) is 0 Å². The Hall–Kier alpha value is -1.63. The van der Waals surface area contributed by atoms with E-state index in [4.69, 9.17) is 23.7 Å². The number of para-hydroxylation sites is 1. The second-order valence-corrected chi connectivity index (χ2v) is 4.06. The average Bonchev–Trinajstić information content (AvgIpc) is 2.53. The molecular formula is C15H22O6. The number of hydrogen-bond acceptors (Lipinski definition) is 6. The first-order valence-electron chi connectivity index (χ1n) is 6.73. The van der Waals surface area contributed by atoms with Crippen LogP contribution in [0.25, 0.3) is 0 Å². The van der Waals surface area contributed by atoms with Crippen LogP contribution in [0.15, 0.2) is 18.2 Å². The normalized spacial score (nSPS) is 10.4. The van der Waals surface area contributed by atoms with Crippen molar-refractivity contribution < 1.29 is 28.5 Å². The van der Waals surface area contributed by atoms with Crippen molar-refractivity contribution in [2.45, 2.75) is 0 Å². The lowest BCUT2D eigenvalue weighted by Gasteiger charge is -2.12. The number of ether oxygens (including phenoxy) is 5. The van der Waals surface area contributed by atoms with Gasteiger partial charge in [0.2, 0.25) is 0 Å². The monoisotopic (exact) mass is 298 g/mol. The van der Waals surface area contributed by atoms with Gasteiger partial charge in [0.25, 0.3) is 0 Å². The zero-order valence-electron chi connectivity index (χ0n) is 12.5. The lowest BCUT2D eigenvalue weighted by Crippen LogP contribution is -2.13. The minimum atomic E-state index is 0.333. The van der Waals surface area contributed by atoms with Gasteiger partial charge in [-0.15, -0.1) is 0 Å². The van der Waals surface area contributed by atoms with Crippen LogP contribution in [0.1, 0.15) is 10.4 Å². The highest BCUT2D eigenvalue weighted by Gasteiger charge is 2.09. The summed E-state index contributed by atoms with van der Waals surface area (Å²) in [7, 11) is 3.16. The lowest BCUT2D eigenvalue weighted by molar-refractivity contribution is 0.0177. The zero-order chi connectivity index (χ0) is 15.3. The summed E-state index contributed by atoms with van der Waals surface area (Å²) in [6, 6.07) is 5.16. The maximum atomic E-state index is 11.0. The molecule has 0 saturated carbocycles. The van der Waals surface area contributed by atoms with Crippen molar-refractivity contribution >= 4 is 6.29 Å². The number of rotatable bonds is 12. The van der Waals surface area contributed by atoms with Crippen LogP contribution in [-0.2, 0) is 14.2 Å². The summed E-state index contributed by atoms with van der Waals surface area (Å²) in [6.07, 6.45) is 0.738. The maximum Gasteiger partial charge on any atom is 0.171 e. The molecule has 0 aliphatic heterocycles. The molecular weight excluding hydrogens is 276 g/mol. The second kappa shape index (κ2) is 11.1. The highest BCUT2D eigenvalue weighted by atomic mass is 16.6. The molecule has 0 N–H and O–H groups in total. The van der Waals surface area contributed by atoms with E-state index in [9.17, 15) is 4.79 Å². The summed E-state index contributed by atoms with van der Waals surface area (Å²) >= 11 is 0. The summed E-state index contributed by atoms with van der Waals surface area (Å²) in [4.78, 5) is 11.0. The number of carbonyl (C=O) groups excluding carboxylic acids is 1. The van der Waals surface area contributed by atoms with Crippen LogP contribution < -0.4 is 9.47 Å². The molecule has 21 heavy (non-hydrogen) atoms. The van der Waals surface area contributed by atoms with Crippen molar-refractivity contribution in [1.82, 2.24) is 0 Å². The predicted octanol–water partition coefficient (Wildman–Crippen LogP) is 1.57. The molecule has 0 aliphatic rings. The Morgan fingerprint density at radius 3 is 2.24 bits per heavy atom. The molecule has 0 amide bonds. The van der Waals surface area contributed by atoms with Gasteiger partial charge >= 0.3 is 0 Å². The van der Waals surface area contributed by atoms with Gasteiger partial charge in [0.15, 0.2) is 17.8 Å². The molecule has 0 bridgehead atoms. The number of carbonyl (C=O) groups is 1. The Balaban J connectivity index is 2.22. The van der Waals surface area contributed by atoms with Crippen molar-refractivity contribution in [3.63, 3.8) is 0 Å². The van der Waals surface area contributed by atoms with Crippen LogP contribution in [0, 0.1) is 0 Å². The standard InChI is InChI=1S/C15H22O6/c1-17-6-7-19-8-9-20-10-11-21-15-13(12-16)4-3-5-14(15)18-2/h3-5,12H,6-11H2,1-2H3. The largest absolute Gasteiger partial charge is 0.493 e. The number of methoxy groups -OCH3 is 2. The first-order chi connectivity index (χ1) is 10.3. The van der Waals surface area contributed by atoms with Crippen LogP contribution in [0.2, 0.25) is 0 Å². The van der Waals surface area contributed by atoms with Gasteiger partial charge in [-0.1, -0.05) is 6.07 Å². The van der Waals surface area contributed by atoms with Gasteiger partial charge in [0, 0.05) is 7.11 Å². The van der Waals surface area contributed by atoms with Crippen molar-refractivity contribution in [1.29, 1.82) is 0 Å². The second-order valence-electron chi connectivity index (χ2n) is 4.06. The number of aldehydes is 1. The lowest BCUT2D eigenvalue weighted by atomic mass is 10.2. The molecule has 0 unspecified atom stereocenters. The van der Waals surface area contributed by atoms with Crippen LogP contribution >= 0.6 is 0 Å². The highest BCUT2D eigenvalue weighted by Crippen LogP contribution is 2.29. The zero-order valence-corrected chi connectivity index (χ0v) is 12.5. The Bertz CT molecular complexity index is 407. The van der Waals surface area contributed by atoms with Gasteiger partial charge in [-0.3, -0.25) is 4.79 Å². The Labute approximate surface area is 124 Å². The Morgan fingerprint density at radius 2 is 1.62 bits per heavy atom. The van der Waals surface area contributed by atoms with Crippen molar-refractivity contribution in [3.8, 4) is 11.5 Å². The van der Waals surface area contributed by atoms with Crippen molar-refractivity contribution in [3.05, 3.63) is 23.8 Å². The first-order valence-corrected chi connectivity index (χ1v) is 6.73. The number of benzene rings is 1. The molecule has 0 saturated heterocycles. The van der Waals surface area contributed by atoms with Gasteiger partial charge < -0.3 is 23.7 Å². The summed E-state index contributed by atoms with van der Waals surface area (Å²) in [6.45, 7) is 2.87. The third-order valence-electron chi connectivity index (χ3n) is 2.63. The van der Waals surface area contributed by atoms with E-state index in [0.717, 1.165) is 6.29 Å². The van der Waals surface area contributed by atoms with E-state index in [2.05, 4.69) is 0 Å². The van der Waals surface area contributed by atoms with E-state index in [1.807, 2.05) is 0 Å². The molecule has 0 aromatic heterocycles. The van der Waals surface area contributed by atoms with Crippen LogP contribution in [0.5, 0.6) is 11.5 Å². The summed E-state index contributed by atoms with van der Waals surface area (Å²) in [5.41, 5.74) is 0.456. The smallest absolute Gasteiger partial charge is 0.171 e. The SMILES string of the molecule is COCCOCCOCCOc1c(C=O)cccc1OC. The van der Waals surface area contributed by atoms with Crippen LogP contribution in [-0.4, -0.2) is 60.1 Å². The summed E-state index contributed by atoms with van der Waals surface area (Å²) < 4.78 is 26.2. The molecule has 118 valence electrons. The minimum Gasteiger partial charge on any atom is -0.493 e. The van der Waals surface area contributed by atoms with Crippen LogP contribution in [0.4, 0.5) is 0 Å². The fourth-order valence-corrected chi connectivity index (χ4v) is 1.61. The summed E-state index contributed by atoms with van der Waals surface area (Å²) in [5, 5.41) is 0. The first kappa shape index (κ1) is 17.4. The van der Waals surface area contributed by atoms with E-state index in [0.29, 0.717) is 56.7 Å². The fraction of sp³-hybridized carbons (Fsp3) is 0.533. The molecule has 1 aromatic rings. The third-order valence-corrected chi connectivity index (χ3v) is 2.63. The molecule has 0 atom stereocenters. The van der Waals surface area contributed by atoms with Gasteiger partial charge in [0.05, 0.1) is 45.7 Å². The van der Waals surface area contributed by atoms with Crippen LogP contribution in [0.3, 0.4) is 0 Å². The van der Waals surface area contributed by atoms with Crippen molar-refractivity contribution in [2.24, 2.45) is 0 Å². The van der Waals surface area contributed by atoms with Gasteiger partial charge in [-0.2, -0.15) is 0 Å². The summed E-state index contributed by atoms with van der Waals surface area (Å²) in [5.74, 6) is 0.970. The Morgan fingerprint density at radius 1 is 0.952 bits per heavy atom. The Kier molecular flexibility index (Phi) is 9.19. The fourth-order valence-electron chi connectivity index (χ4n) is 1.61. The van der Waals surface area contributed by atoms with Gasteiger partial charge in [-0.25, -0.2) is 0 Å². The highest BCUT2D eigenvalue weighted by molar-refractivity contribution is 5.81. The molecule has 1 rings (SSSR count). The number of hydrogen-bond donors (Lipinski definition) is 0. The maximum absolute atomic E-state index is 11.0. The minimum absolute atomic E-state index is 0.333. The molecule has 6 heteroatoms. The van der Waals surface area contributed by atoms with E-state index < -0.39 is 0 Å². The van der Waals surface area contributed by atoms with E-state index >= 15 is 0 Å². The predicted molar refractivity (Wildman–Crippen MR) is 77.4 cm³/mol. The van der Waals surface area contributed by atoms with Gasteiger partial charge in [-0.05, 0) is 12.1 Å². The molecule has 0 radical (unpaired) electrons. The molecule has 6 nitrogen and oxygen atoms in total.